The number of carbonyl (C=O) groups is 1. The highest BCUT2D eigenvalue weighted by Crippen LogP contribution is 2.17. The van der Waals surface area contributed by atoms with Crippen molar-refractivity contribution in [2.24, 2.45) is 0 Å². The first kappa shape index (κ1) is 18.5. The predicted molar refractivity (Wildman–Crippen MR) is 86.4 cm³/mol. The summed E-state index contributed by atoms with van der Waals surface area (Å²) in [5.41, 5.74) is 0. The molecule has 1 atom stereocenters. The Balaban J connectivity index is 1.78. The van der Waals surface area contributed by atoms with E-state index in [1.54, 1.807) is 0 Å². The zero-order chi connectivity index (χ0) is 15.2. The van der Waals surface area contributed by atoms with E-state index in [2.05, 4.69) is 6.92 Å². The molecule has 0 aromatic heterocycles. The van der Waals surface area contributed by atoms with Crippen molar-refractivity contribution in [1.29, 1.82) is 0 Å². The second-order valence-electron chi connectivity index (χ2n) is 6.22. The fourth-order valence-corrected chi connectivity index (χ4v) is 2.83. The molecule has 0 unspecified atom stereocenters. The van der Waals surface area contributed by atoms with Gasteiger partial charge in [-0.3, -0.25) is 4.79 Å². The van der Waals surface area contributed by atoms with Crippen molar-refractivity contribution in [3.63, 3.8) is 0 Å². The summed E-state index contributed by atoms with van der Waals surface area (Å²) < 4.78 is 10.8. The van der Waals surface area contributed by atoms with E-state index in [-0.39, 0.29) is 5.97 Å². The second-order valence-corrected chi connectivity index (χ2v) is 6.22. The van der Waals surface area contributed by atoms with Gasteiger partial charge in [0.15, 0.2) is 0 Å². The van der Waals surface area contributed by atoms with Crippen molar-refractivity contribution in [1.82, 2.24) is 0 Å². The second kappa shape index (κ2) is 13.1. The first-order valence-electron chi connectivity index (χ1n) is 9.10. The van der Waals surface area contributed by atoms with Crippen LogP contribution < -0.4 is 0 Å². The van der Waals surface area contributed by atoms with Gasteiger partial charge in [0.25, 0.3) is 0 Å². The molecule has 3 nitrogen and oxygen atoms in total. The van der Waals surface area contributed by atoms with Gasteiger partial charge in [-0.15, -0.1) is 0 Å². The molecule has 0 bridgehead atoms. The van der Waals surface area contributed by atoms with Crippen LogP contribution in [0.25, 0.3) is 0 Å². The highest BCUT2D eigenvalue weighted by atomic mass is 16.5. The molecule has 124 valence electrons. The summed E-state index contributed by atoms with van der Waals surface area (Å²) in [6.45, 7) is 3.75. The van der Waals surface area contributed by atoms with Crippen LogP contribution in [-0.2, 0) is 14.3 Å². The minimum Gasteiger partial charge on any atom is -0.466 e. The lowest BCUT2D eigenvalue weighted by molar-refractivity contribution is -0.143. The molecule has 0 aliphatic carbocycles. The fourth-order valence-electron chi connectivity index (χ4n) is 2.83. The molecule has 1 saturated heterocycles. The van der Waals surface area contributed by atoms with E-state index >= 15 is 0 Å². The molecule has 0 amide bonds. The van der Waals surface area contributed by atoms with Gasteiger partial charge in [-0.25, -0.2) is 0 Å². The van der Waals surface area contributed by atoms with Crippen molar-refractivity contribution in [2.75, 3.05) is 13.2 Å². The number of hydrogen-bond donors (Lipinski definition) is 0. The summed E-state index contributed by atoms with van der Waals surface area (Å²) in [4.78, 5) is 11.6. The third-order valence-corrected chi connectivity index (χ3v) is 4.19. The maximum atomic E-state index is 11.6. The smallest absolute Gasteiger partial charge is 0.305 e. The summed E-state index contributed by atoms with van der Waals surface area (Å²) in [6, 6.07) is 0. The van der Waals surface area contributed by atoms with Crippen molar-refractivity contribution in [3.05, 3.63) is 0 Å². The number of unbranched alkanes of at least 4 members (excludes halogenated alkanes) is 7. The Hall–Kier alpha value is -0.570. The predicted octanol–water partition coefficient (Wildman–Crippen LogP) is 5.02. The van der Waals surface area contributed by atoms with Crippen LogP contribution in [-0.4, -0.2) is 25.3 Å². The van der Waals surface area contributed by atoms with Crippen LogP contribution in [0.5, 0.6) is 0 Å². The summed E-state index contributed by atoms with van der Waals surface area (Å²) in [5, 5.41) is 0. The highest BCUT2D eigenvalue weighted by molar-refractivity contribution is 5.69. The van der Waals surface area contributed by atoms with E-state index in [0.717, 1.165) is 38.7 Å². The molecule has 1 heterocycles. The van der Waals surface area contributed by atoms with Crippen molar-refractivity contribution < 1.29 is 14.3 Å². The zero-order valence-electron chi connectivity index (χ0n) is 13.9. The molecule has 0 radical (unpaired) electrons. The molecule has 0 aromatic carbocycles. The van der Waals surface area contributed by atoms with Gasteiger partial charge in [0.2, 0.25) is 0 Å². The molecule has 1 aliphatic rings. The number of hydrogen-bond acceptors (Lipinski definition) is 3. The summed E-state index contributed by atoms with van der Waals surface area (Å²) in [6.07, 6.45) is 15.4. The van der Waals surface area contributed by atoms with Gasteiger partial charge in [-0.2, -0.15) is 0 Å². The molecule has 0 spiro atoms. The number of esters is 1. The van der Waals surface area contributed by atoms with Gasteiger partial charge in [-0.05, 0) is 38.5 Å². The minimum atomic E-state index is -0.0133. The monoisotopic (exact) mass is 298 g/mol. The SMILES string of the molecule is CCCCCCCCCC(=O)OCCCC[C@H]1CCCO1. The molecule has 21 heavy (non-hydrogen) atoms. The number of rotatable bonds is 13. The van der Waals surface area contributed by atoms with E-state index in [9.17, 15) is 4.79 Å². The van der Waals surface area contributed by atoms with Gasteiger partial charge in [0, 0.05) is 13.0 Å². The van der Waals surface area contributed by atoms with Gasteiger partial charge in [0.05, 0.1) is 12.7 Å². The van der Waals surface area contributed by atoms with Crippen LogP contribution >= 0.6 is 0 Å². The van der Waals surface area contributed by atoms with Gasteiger partial charge in [-0.1, -0.05) is 45.4 Å². The average molecular weight is 298 g/mol. The van der Waals surface area contributed by atoms with Crippen LogP contribution in [0.2, 0.25) is 0 Å². The van der Waals surface area contributed by atoms with E-state index in [0.29, 0.717) is 19.1 Å². The van der Waals surface area contributed by atoms with Crippen molar-refractivity contribution in [2.45, 2.75) is 96.5 Å². The van der Waals surface area contributed by atoms with E-state index in [4.69, 9.17) is 9.47 Å². The topological polar surface area (TPSA) is 35.5 Å². The molecule has 0 saturated carbocycles. The largest absolute Gasteiger partial charge is 0.466 e. The van der Waals surface area contributed by atoms with E-state index in [1.165, 1.54) is 44.9 Å². The highest BCUT2D eigenvalue weighted by Gasteiger charge is 2.14. The molecular formula is C18H34O3. The summed E-state index contributed by atoms with van der Waals surface area (Å²) in [7, 11) is 0. The zero-order valence-corrected chi connectivity index (χ0v) is 13.9. The van der Waals surface area contributed by atoms with Crippen LogP contribution in [0.15, 0.2) is 0 Å². The lowest BCUT2D eigenvalue weighted by Crippen LogP contribution is -2.08. The third-order valence-electron chi connectivity index (χ3n) is 4.19. The Morgan fingerprint density at radius 3 is 2.52 bits per heavy atom. The normalized spacial score (nSPS) is 18.0. The molecule has 1 fully saturated rings. The molecule has 1 rings (SSSR count). The summed E-state index contributed by atoms with van der Waals surface area (Å²) in [5.74, 6) is -0.0133. The minimum absolute atomic E-state index is 0.0133. The van der Waals surface area contributed by atoms with E-state index in [1.807, 2.05) is 0 Å². The Morgan fingerprint density at radius 2 is 1.81 bits per heavy atom. The Kier molecular flexibility index (Phi) is 11.5. The number of ether oxygens (including phenoxy) is 2. The lowest BCUT2D eigenvalue weighted by atomic mass is 10.1. The van der Waals surface area contributed by atoms with E-state index < -0.39 is 0 Å². The molecule has 1 aliphatic heterocycles. The molecule has 3 heteroatoms. The maximum Gasteiger partial charge on any atom is 0.305 e. The number of carbonyl (C=O) groups excluding carboxylic acids is 1. The third kappa shape index (κ3) is 10.8. The quantitative estimate of drug-likeness (QED) is 0.354. The maximum absolute atomic E-state index is 11.6. The van der Waals surface area contributed by atoms with Gasteiger partial charge < -0.3 is 9.47 Å². The van der Waals surface area contributed by atoms with Crippen LogP contribution in [0.4, 0.5) is 0 Å². The standard InChI is InChI=1S/C18H34O3/c1-2-3-4-5-6-7-8-14-18(19)21-15-10-9-12-17-13-11-16-20-17/h17H,2-16H2,1H3/t17-/m0/s1. The van der Waals surface area contributed by atoms with Crippen LogP contribution in [0.3, 0.4) is 0 Å². The Morgan fingerprint density at radius 1 is 1.05 bits per heavy atom. The van der Waals surface area contributed by atoms with Crippen LogP contribution in [0.1, 0.15) is 90.4 Å². The summed E-state index contributed by atoms with van der Waals surface area (Å²) >= 11 is 0. The van der Waals surface area contributed by atoms with Crippen LogP contribution in [0, 0.1) is 0 Å². The van der Waals surface area contributed by atoms with Gasteiger partial charge >= 0.3 is 5.97 Å². The lowest BCUT2D eigenvalue weighted by Gasteiger charge is -2.09. The first-order valence-corrected chi connectivity index (χ1v) is 9.10. The van der Waals surface area contributed by atoms with Crippen molar-refractivity contribution >= 4 is 5.97 Å². The Labute approximate surface area is 130 Å². The molecule has 0 aromatic rings. The molecular weight excluding hydrogens is 264 g/mol. The first-order chi connectivity index (χ1) is 10.3. The Bertz CT molecular complexity index is 247. The fraction of sp³-hybridized carbons (Fsp3) is 0.944. The molecule has 0 N–H and O–H groups in total. The van der Waals surface area contributed by atoms with Crippen molar-refractivity contribution in [3.8, 4) is 0 Å². The van der Waals surface area contributed by atoms with Gasteiger partial charge in [0.1, 0.15) is 0 Å². The average Bonchev–Trinajstić information content (AvgIpc) is 2.99.